The Hall–Kier alpha value is -1.10. The molecule has 1 aromatic heterocycles. The van der Waals surface area contributed by atoms with Gasteiger partial charge in [-0.2, -0.15) is 15.0 Å². The first-order chi connectivity index (χ1) is 8.71. The smallest absolute Gasteiger partial charge is 0.229 e. The molecular formula is C12H20ClN5. The molecule has 1 fully saturated rings. The van der Waals surface area contributed by atoms with Crippen molar-refractivity contribution in [2.45, 2.75) is 45.6 Å². The van der Waals surface area contributed by atoms with Crippen molar-refractivity contribution >= 4 is 23.5 Å². The van der Waals surface area contributed by atoms with E-state index in [1.165, 1.54) is 19.3 Å². The molecule has 1 unspecified atom stereocenters. The molecule has 0 spiro atoms. The number of aromatic nitrogens is 3. The van der Waals surface area contributed by atoms with Crippen LogP contribution in [0, 0.1) is 5.92 Å². The Kier molecular flexibility index (Phi) is 4.58. The zero-order valence-corrected chi connectivity index (χ0v) is 11.7. The molecule has 1 aromatic rings. The number of nitrogens with one attached hydrogen (secondary N) is 2. The number of nitrogens with zero attached hydrogens (tertiary/aromatic N) is 3. The summed E-state index contributed by atoms with van der Waals surface area (Å²) in [4.78, 5) is 12.5. The second-order valence-electron chi connectivity index (χ2n) is 4.71. The van der Waals surface area contributed by atoms with Crippen molar-refractivity contribution in [3.8, 4) is 0 Å². The van der Waals surface area contributed by atoms with Crippen molar-refractivity contribution in [1.82, 2.24) is 15.0 Å². The van der Waals surface area contributed by atoms with Crippen molar-refractivity contribution in [3.63, 3.8) is 0 Å². The molecule has 0 aromatic carbocycles. The first-order valence-corrected chi connectivity index (χ1v) is 7.01. The summed E-state index contributed by atoms with van der Waals surface area (Å²) in [5, 5.41) is 6.63. The van der Waals surface area contributed by atoms with Crippen molar-refractivity contribution in [1.29, 1.82) is 0 Å². The number of hydrogen-bond acceptors (Lipinski definition) is 5. The van der Waals surface area contributed by atoms with E-state index in [0.29, 0.717) is 17.9 Å². The van der Waals surface area contributed by atoms with Crippen LogP contribution in [-0.4, -0.2) is 27.5 Å². The molecule has 5 nitrogen and oxygen atoms in total. The van der Waals surface area contributed by atoms with Crippen LogP contribution < -0.4 is 10.6 Å². The number of rotatable bonds is 7. The van der Waals surface area contributed by atoms with Gasteiger partial charge in [0.2, 0.25) is 17.2 Å². The summed E-state index contributed by atoms with van der Waals surface area (Å²) in [6.45, 7) is 4.93. The second kappa shape index (κ2) is 6.18. The lowest BCUT2D eigenvalue weighted by atomic mass is 10.1. The Balaban J connectivity index is 2.01. The van der Waals surface area contributed by atoms with Crippen LogP contribution in [0.3, 0.4) is 0 Å². The normalized spacial score (nSPS) is 16.4. The van der Waals surface area contributed by atoms with Crippen LogP contribution in [0.1, 0.15) is 39.5 Å². The fourth-order valence-corrected chi connectivity index (χ4v) is 2.08. The van der Waals surface area contributed by atoms with Crippen molar-refractivity contribution < 1.29 is 0 Å². The molecule has 0 saturated heterocycles. The highest BCUT2D eigenvalue weighted by atomic mass is 35.5. The van der Waals surface area contributed by atoms with E-state index in [2.05, 4.69) is 32.5 Å². The highest BCUT2D eigenvalue weighted by Gasteiger charge is 2.25. The molecule has 2 rings (SSSR count). The molecule has 1 saturated carbocycles. The van der Waals surface area contributed by atoms with Gasteiger partial charge in [-0.15, -0.1) is 0 Å². The third kappa shape index (κ3) is 3.98. The highest BCUT2D eigenvalue weighted by molar-refractivity contribution is 6.28. The van der Waals surface area contributed by atoms with Crippen molar-refractivity contribution in [2.24, 2.45) is 5.92 Å². The van der Waals surface area contributed by atoms with Gasteiger partial charge in [0.25, 0.3) is 0 Å². The van der Waals surface area contributed by atoms with Gasteiger partial charge in [0.1, 0.15) is 0 Å². The summed E-state index contributed by atoms with van der Waals surface area (Å²) >= 11 is 5.89. The van der Waals surface area contributed by atoms with E-state index in [0.717, 1.165) is 18.9 Å². The Morgan fingerprint density at radius 3 is 2.56 bits per heavy atom. The molecule has 1 aliphatic carbocycles. The number of hydrogen-bond donors (Lipinski definition) is 2. The van der Waals surface area contributed by atoms with Crippen molar-refractivity contribution in [2.75, 3.05) is 17.2 Å². The second-order valence-corrected chi connectivity index (χ2v) is 5.05. The highest BCUT2D eigenvalue weighted by Crippen LogP contribution is 2.34. The largest absolute Gasteiger partial charge is 0.354 e. The molecule has 1 aliphatic rings. The van der Waals surface area contributed by atoms with Gasteiger partial charge in [-0.25, -0.2) is 0 Å². The standard InChI is InChI=1S/C12H20ClN5/c1-3-9(7-8-5-6-8)15-12-17-10(13)16-11(18-12)14-4-2/h8-9H,3-7H2,1-2H3,(H2,14,15,16,17,18). The topological polar surface area (TPSA) is 62.7 Å². The van der Waals surface area contributed by atoms with Crippen LogP contribution in [-0.2, 0) is 0 Å². The molecular weight excluding hydrogens is 250 g/mol. The van der Waals surface area contributed by atoms with E-state index < -0.39 is 0 Å². The Morgan fingerprint density at radius 1 is 1.22 bits per heavy atom. The maximum absolute atomic E-state index is 5.89. The zero-order chi connectivity index (χ0) is 13.0. The number of halogens is 1. The average molecular weight is 270 g/mol. The Bertz CT molecular complexity index is 394. The fraction of sp³-hybridized carbons (Fsp3) is 0.750. The minimum atomic E-state index is 0.227. The molecule has 100 valence electrons. The van der Waals surface area contributed by atoms with E-state index in [1.54, 1.807) is 0 Å². The first kappa shape index (κ1) is 13.3. The summed E-state index contributed by atoms with van der Waals surface area (Å²) in [7, 11) is 0. The lowest BCUT2D eigenvalue weighted by Gasteiger charge is -2.16. The van der Waals surface area contributed by atoms with Gasteiger partial charge >= 0.3 is 0 Å². The summed E-state index contributed by atoms with van der Waals surface area (Å²) in [5.41, 5.74) is 0. The fourth-order valence-electron chi connectivity index (χ4n) is 1.92. The van der Waals surface area contributed by atoms with E-state index in [-0.39, 0.29) is 5.28 Å². The molecule has 6 heteroatoms. The van der Waals surface area contributed by atoms with E-state index in [9.17, 15) is 0 Å². The van der Waals surface area contributed by atoms with E-state index in [1.807, 2.05) is 6.92 Å². The summed E-state index contributed by atoms with van der Waals surface area (Å²) < 4.78 is 0. The maximum Gasteiger partial charge on any atom is 0.229 e. The molecule has 0 aliphatic heterocycles. The van der Waals surface area contributed by atoms with Gasteiger partial charge in [0, 0.05) is 12.6 Å². The van der Waals surface area contributed by atoms with Crippen LogP contribution in [0.25, 0.3) is 0 Å². The van der Waals surface area contributed by atoms with Gasteiger partial charge in [-0.3, -0.25) is 0 Å². The lowest BCUT2D eigenvalue weighted by molar-refractivity contribution is 0.582. The number of anilines is 2. The molecule has 0 amide bonds. The van der Waals surface area contributed by atoms with Crippen molar-refractivity contribution in [3.05, 3.63) is 5.28 Å². The van der Waals surface area contributed by atoms with Gasteiger partial charge in [-0.05, 0) is 37.3 Å². The van der Waals surface area contributed by atoms with Gasteiger partial charge < -0.3 is 10.6 Å². The summed E-state index contributed by atoms with van der Waals surface area (Å²) in [6.07, 6.45) is 4.98. The van der Waals surface area contributed by atoms with E-state index >= 15 is 0 Å². The van der Waals surface area contributed by atoms with E-state index in [4.69, 9.17) is 11.6 Å². The van der Waals surface area contributed by atoms with Crippen LogP contribution in [0.2, 0.25) is 5.28 Å². The predicted octanol–water partition coefficient (Wildman–Crippen LogP) is 2.95. The van der Waals surface area contributed by atoms with Crippen LogP contribution >= 0.6 is 11.6 Å². The summed E-state index contributed by atoms with van der Waals surface area (Å²) in [5.74, 6) is 1.98. The minimum Gasteiger partial charge on any atom is -0.354 e. The van der Waals surface area contributed by atoms with Gasteiger partial charge in [-0.1, -0.05) is 19.8 Å². The third-order valence-corrected chi connectivity index (χ3v) is 3.25. The first-order valence-electron chi connectivity index (χ1n) is 6.63. The SMILES string of the molecule is CCNc1nc(Cl)nc(NC(CC)CC2CC2)n1. The lowest BCUT2D eigenvalue weighted by Crippen LogP contribution is -2.21. The zero-order valence-electron chi connectivity index (χ0n) is 10.9. The summed E-state index contributed by atoms with van der Waals surface area (Å²) in [6, 6.07) is 0.422. The Labute approximate surface area is 113 Å². The van der Waals surface area contributed by atoms with Crippen LogP contribution in [0.15, 0.2) is 0 Å². The molecule has 0 bridgehead atoms. The monoisotopic (exact) mass is 269 g/mol. The molecule has 18 heavy (non-hydrogen) atoms. The average Bonchev–Trinajstić information content (AvgIpc) is 3.12. The van der Waals surface area contributed by atoms with Gasteiger partial charge in [0.15, 0.2) is 0 Å². The third-order valence-electron chi connectivity index (χ3n) is 3.08. The molecule has 0 radical (unpaired) electrons. The molecule has 1 heterocycles. The quantitative estimate of drug-likeness (QED) is 0.797. The van der Waals surface area contributed by atoms with Crippen LogP contribution in [0.5, 0.6) is 0 Å². The molecule has 1 atom stereocenters. The van der Waals surface area contributed by atoms with Gasteiger partial charge in [0.05, 0.1) is 0 Å². The minimum absolute atomic E-state index is 0.227. The predicted molar refractivity (Wildman–Crippen MR) is 74.0 cm³/mol. The maximum atomic E-state index is 5.89. The Morgan fingerprint density at radius 2 is 1.94 bits per heavy atom. The molecule has 2 N–H and O–H groups in total. The van der Waals surface area contributed by atoms with Crippen LogP contribution in [0.4, 0.5) is 11.9 Å².